The third-order valence-electron chi connectivity index (χ3n) is 4.42. The minimum Gasteiger partial charge on any atom is -0.352 e. The van der Waals surface area contributed by atoms with Crippen LogP contribution in [0.3, 0.4) is 0 Å². The van der Waals surface area contributed by atoms with Gasteiger partial charge < -0.3 is 5.32 Å². The largest absolute Gasteiger partial charge is 0.352 e. The summed E-state index contributed by atoms with van der Waals surface area (Å²) in [7, 11) is 0. The minimum atomic E-state index is -0.546. The fourth-order valence-electron chi connectivity index (χ4n) is 3.15. The molecule has 1 N–H and O–H groups in total. The maximum absolute atomic E-state index is 12.4. The van der Waals surface area contributed by atoms with Crippen LogP contribution in [-0.4, -0.2) is 26.7 Å². The smallest absolute Gasteiger partial charge is 0.312 e. The first-order chi connectivity index (χ1) is 10.4. The molecule has 0 radical (unpaired) electrons. The van der Waals surface area contributed by atoms with E-state index in [0.717, 1.165) is 25.7 Å². The van der Waals surface area contributed by atoms with Crippen LogP contribution >= 0.6 is 0 Å². The zero-order valence-electron chi connectivity index (χ0n) is 13.5. The molecule has 1 unspecified atom stereocenters. The molecule has 2 rings (SSSR count). The first kappa shape index (κ1) is 16.5. The van der Waals surface area contributed by atoms with Crippen molar-refractivity contribution in [3.63, 3.8) is 0 Å². The highest BCUT2D eigenvalue weighted by Gasteiger charge is 2.28. The van der Waals surface area contributed by atoms with E-state index in [4.69, 9.17) is 0 Å². The number of hydrogen-bond donors (Lipinski definition) is 1. The lowest BCUT2D eigenvalue weighted by atomic mass is 10.1. The minimum absolute atomic E-state index is 0.00545. The van der Waals surface area contributed by atoms with Gasteiger partial charge in [-0.25, -0.2) is 0 Å². The predicted molar refractivity (Wildman–Crippen MR) is 82.7 cm³/mol. The first-order valence-electron chi connectivity index (χ1n) is 7.92. The molecule has 1 aliphatic carbocycles. The molecule has 7 heteroatoms. The Kier molecular flexibility index (Phi) is 5.15. The normalized spacial score (nSPS) is 17.8. The van der Waals surface area contributed by atoms with Gasteiger partial charge in [0.05, 0.1) is 4.92 Å². The summed E-state index contributed by atoms with van der Waals surface area (Å²) < 4.78 is 1.46. The maximum Gasteiger partial charge on any atom is 0.312 e. The van der Waals surface area contributed by atoms with Crippen LogP contribution in [0.4, 0.5) is 5.69 Å². The average molecular weight is 308 g/mol. The first-order valence-corrected chi connectivity index (χ1v) is 7.92. The average Bonchev–Trinajstić information content (AvgIpc) is 2.64. The summed E-state index contributed by atoms with van der Waals surface area (Å²) in [6.45, 7) is 4.96. The second-order valence-corrected chi connectivity index (χ2v) is 6.09. The quantitative estimate of drug-likeness (QED) is 0.526. The Hall–Kier alpha value is -1.92. The molecule has 22 heavy (non-hydrogen) atoms. The Bertz CT molecular complexity index is 559. The van der Waals surface area contributed by atoms with E-state index < -0.39 is 11.0 Å². The van der Waals surface area contributed by atoms with E-state index in [0.29, 0.717) is 11.4 Å². The van der Waals surface area contributed by atoms with Crippen molar-refractivity contribution in [3.8, 4) is 0 Å². The summed E-state index contributed by atoms with van der Waals surface area (Å²) in [5.41, 5.74) is 0.761. The van der Waals surface area contributed by atoms with Crippen LogP contribution in [0.2, 0.25) is 0 Å². The second-order valence-electron chi connectivity index (χ2n) is 6.09. The molecule has 0 aromatic carbocycles. The Morgan fingerprint density at radius 1 is 1.32 bits per heavy atom. The fraction of sp³-hybridized carbons (Fsp3) is 0.733. The van der Waals surface area contributed by atoms with Gasteiger partial charge in [0.2, 0.25) is 5.91 Å². The van der Waals surface area contributed by atoms with Gasteiger partial charge in [0.1, 0.15) is 17.4 Å². The lowest BCUT2D eigenvalue weighted by molar-refractivity contribution is -0.386. The van der Waals surface area contributed by atoms with E-state index in [1.807, 2.05) is 0 Å². The van der Waals surface area contributed by atoms with Crippen molar-refractivity contribution < 1.29 is 9.72 Å². The topological polar surface area (TPSA) is 90.1 Å². The van der Waals surface area contributed by atoms with E-state index in [-0.39, 0.29) is 17.6 Å². The molecule has 1 aromatic heterocycles. The molecular formula is C15H24N4O3. The van der Waals surface area contributed by atoms with Crippen molar-refractivity contribution in [2.75, 3.05) is 0 Å². The van der Waals surface area contributed by atoms with Crippen molar-refractivity contribution in [1.82, 2.24) is 15.1 Å². The van der Waals surface area contributed by atoms with Crippen LogP contribution in [0.25, 0.3) is 0 Å². The zero-order chi connectivity index (χ0) is 16.3. The van der Waals surface area contributed by atoms with Crippen molar-refractivity contribution in [2.24, 2.45) is 0 Å². The van der Waals surface area contributed by atoms with Crippen molar-refractivity contribution in [1.29, 1.82) is 0 Å². The number of carbonyl (C=O) groups excluding carboxylic acids is 1. The van der Waals surface area contributed by atoms with Crippen molar-refractivity contribution in [2.45, 2.75) is 71.4 Å². The standard InChI is InChI=1S/C15H24N4O3/c1-10-14(19(21)22)11(2)18(17-10)12(3)15(20)16-13-8-6-4-5-7-9-13/h12-13H,4-9H2,1-3H3,(H,16,20). The Morgan fingerprint density at radius 2 is 1.91 bits per heavy atom. The summed E-state index contributed by atoms with van der Waals surface area (Å²) >= 11 is 0. The van der Waals surface area contributed by atoms with E-state index in [2.05, 4.69) is 10.4 Å². The predicted octanol–water partition coefficient (Wildman–Crippen LogP) is 2.81. The summed E-state index contributed by atoms with van der Waals surface area (Å²) in [6.07, 6.45) is 6.76. The summed E-state index contributed by atoms with van der Waals surface area (Å²) in [5.74, 6) is -0.118. The number of nitro groups is 1. The molecule has 0 aliphatic heterocycles. The Balaban J connectivity index is 2.10. The Labute approximate surface area is 130 Å². The van der Waals surface area contributed by atoms with Crippen molar-refractivity contribution >= 4 is 11.6 Å². The molecule has 1 fully saturated rings. The molecule has 1 saturated carbocycles. The molecule has 0 bridgehead atoms. The number of nitrogens with one attached hydrogen (secondary N) is 1. The molecule has 7 nitrogen and oxygen atoms in total. The Morgan fingerprint density at radius 3 is 2.41 bits per heavy atom. The molecular weight excluding hydrogens is 284 g/mol. The molecule has 1 aromatic rings. The van der Waals surface area contributed by atoms with Gasteiger partial charge in [0.25, 0.3) is 0 Å². The highest BCUT2D eigenvalue weighted by molar-refractivity contribution is 5.80. The number of aromatic nitrogens is 2. The zero-order valence-corrected chi connectivity index (χ0v) is 13.5. The van der Waals surface area contributed by atoms with E-state index in [1.54, 1.807) is 20.8 Å². The van der Waals surface area contributed by atoms with Crippen LogP contribution in [0, 0.1) is 24.0 Å². The van der Waals surface area contributed by atoms with Gasteiger partial charge in [0, 0.05) is 6.04 Å². The maximum atomic E-state index is 12.4. The third-order valence-corrected chi connectivity index (χ3v) is 4.42. The molecule has 0 spiro atoms. The third kappa shape index (κ3) is 3.45. The summed E-state index contributed by atoms with van der Waals surface area (Å²) in [6, 6.07) is -0.333. The summed E-state index contributed by atoms with van der Waals surface area (Å²) in [5, 5.41) is 18.3. The van der Waals surface area contributed by atoms with Gasteiger partial charge >= 0.3 is 5.69 Å². The van der Waals surface area contributed by atoms with Gasteiger partial charge in [-0.3, -0.25) is 19.6 Å². The molecule has 1 aliphatic rings. The van der Waals surface area contributed by atoms with Crippen LogP contribution in [0.1, 0.15) is 62.9 Å². The van der Waals surface area contributed by atoms with E-state index in [1.165, 1.54) is 17.5 Å². The van der Waals surface area contributed by atoms with Crippen molar-refractivity contribution in [3.05, 3.63) is 21.5 Å². The highest BCUT2D eigenvalue weighted by Crippen LogP contribution is 2.25. The number of nitrogens with zero attached hydrogens (tertiary/aromatic N) is 3. The fourth-order valence-corrected chi connectivity index (χ4v) is 3.15. The van der Waals surface area contributed by atoms with E-state index in [9.17, 15) is 14.9 Å². The SMILES string of the molecule is Cc1nn(C(C)C(=O)NC2CCCCCC2)c(C)c1[N+](=O)[O-]. The number of hydrogen-bond acceptors (Lipinski definition) is 4. The molecule has 1 amide bonds. The van der Waals surface area contributed by atoms with Crippen LogP contribution in [0.5, 0.6) is 0 Å². The second kappa shape index (κ2) is 6.89. The number of amides is 1. The van der Waals surface area contributed by atoms with Gasteiger partial charge in [0.15, 0.2) is 0 Å². The van der Waals surface area contributed by atoms with E-state index >= 15 is 0 Å². The van der Waals surface area contributed by atoms with Gasteiger partial charge in [-0.2, -0.15) is 5.10 Å². The monoisotopic (exact) mass is 308 g/mol. The van der Waals surface area contributed by atoms with Crippen LogP contribution in [-0.2, 0) is 4.79 Å². The molecule has 1 heterocycles. The van der Waals surface area contributed by atoms with Crippen LogP contribution in [0.15, 0.2) is 0 Å². The summed E-state index contributed by atoms with van der Waals surface area (Å²) in [4.78, 5) is 23.0. The van der Waals surface area contributed by atoms with Gasteiger partial charge in [-0.1, -0.05) is 25.7 Å². The van der Waals surface area contributed by atoms with Gasteiger partial charge in [-0.05, 0) is 33.6 Å². The lowest BCUT2D eigenvalue weighted by Gasteiger charge is -2.20. The number of carbonyl (C=O) groups is 1. The molecule has 122 valence electrons. The molecule has 0 saturated heterocycles. The number of aryl methyl sites for hydroxylation is 1. The highest BCUT2D eigenvalue weighted by atomic mass is 16.6. The molecule has 1 atom stereocenters. The van der Waals surface area contributed by atoms with Gasteiger partial charge in [-0.15, -0.1) is 0 Å². The van der Waals surface area contributed by atoms with Crippen LogP contribution < -0.4 is 5.32 Å². The number of rotatable bonds is 4. The lowest BCUT2D eigenvalue weighted by Crippen LogP contribution is -2.39.